The van der Waals surface area contributed by atoms with Crippen LogP contribution in [0.25, 0.3) is 28.3 Å². The van der Waals surface area contributed by atoms with Gasteiger partial charge < -0.3 is 9.80 Å². The smallest absolute Gasteiger partial charge is 0.252 e. The van der Waals surface area contributed by atoms with E-state index in [4.69, 9.17) is 9.97 Å². The molecule has 0 amide bonds. The van der Waals surface area contributed by atoms with Crippen molar-refractivity contribution in [2.24, 2.45) is 0 Å². The first kappa shape index (κ1) is 37.6. The van der Waals surface area contributed by atoms with E-state index >= 15 is 0 Å². The van der Waals surface area contributed by atoms with E-state index in [1.165, 1.54) is 61.5 Å². The quantitative estimate of drug-likeness (QED) is 0.151. The van der Waals surface area contributed by atoms with E-state index in [9.17, 15) is 0 Å². The van der Waals surface area contributed by atoms with Crippen LogP contribution in [-0.2, 0) is 5.41 Å². The third-order valence-corrected chi connectivity index (χ3v) is 12.4. The zero-order valence-electron chi connectivity index (χ0n) is 35.6. The fourth-order valence-corrected chi connectivity index (χ4v) is 9.49. The molecule has 6 heteroatoms. The number of benzene rings is 6. The van der Waals surface area contributed by atoms with E-state index in [1.807, 2.05) is 12.4 Å². The van der Waals surface area contributed by atoms with Gasteiger partial charge in [0.25, 0.3) is 6.71 Å². The fraction of sp³-hybridized carbons (Fsp3) is 0.185. The SMILES string of the molecule is CC(C)c1cccc(C(C)C)c1-n1ccnc1-c1ccc2c(c1)B1c3cc(-c4cc(C(C)(C)C)ccn4)ccc3N(c3ccccc3)c3cccc(c31)N2c1ccccc1. The van der Waals surface area contributed by atoms with E-state index in [-0.39, 0.29) is 12.1 Å². The van der Waals surface area contributed by atoms with Crippen LogP contribution in [0.1, 0.15) is 77.0 Å². The van der Waals surface area contributed by atoms with Crippen molar-refractivity contribution in [1.82, 2.24) is 14.5 Å². The first-order valence-electron chi connectivity index (χ1n) is 21.3. The summed E-state index contributed by atoms with van der Waals surface area (Å²) in [7, 11) is 0. The highest BCUT2D eigenvalue weighted by Gasteiger charge is 2.43. The number of fused-ring (bicyclic) bond motifs is 4. The lowest BCUT2D eigenvalue weighted by molar-refractivity contribution is 0.589. The van der Waals surface area contributed by atoms with E-state index in [2.05, 4.69) is 215 Å². The summed E-state index contributed by atoms with van der Waals surface area (Å²) in [6.07, 6.45) is 6.06. The molecule has 0 atom stereocenters. The van der Waals surface area contributed by atoms with E-state index in [1.54, 1.807) is 0 Å². The average molecular weight is 780 g/mol. The summed E-state index contributed by atoms with van der Waals surface area (Å²) in [6, 6.07) is 53.6. The molecule has 60 heavy (non-hydrogen) atoms. The molecule has 5 nitrogen and oxygen atoms in total. The predicted octanol–water partition coefficient (Wildman–Crippen LogP) is 12.2. The Balaban J connectivity index is 1.25. The maximum Gasteiger partial charge on any atom is 0.252 e. The van der Waals surface area contributed by atoms with Crippen LogP contribution in [-0.4, -0.2) is 21.2 Å². The van der Waals surface area contributed by atoms with E-state index in [0.29, 0.717) is 11.8 Å². The van der Waals surface area contributed by atoms with Crippen LogP contribution in [0, 0.1) is 0 Å². The van der Waals surface area contributed by atoms with Gasteiger partial charge in [-0.1, -0.05) is 127 Å². The highest BCUT2D eigenvalue weighted by atomic mass is 15.2. The Kier molecular flexibility index (Phi) is 9.13. The summed E-state index contributed by atoms with van der Waals surface area (Å²) in [6.45, 7) is 15.9. The third kappa shape index (κ3) is 6.16. The van der Waals surface area contributed by atoms with Crippen molar-refractivity contribution in [3.63, 3.8) is 0 Å². The lowest BCUT2D eigenvalue weighted by atomic mass is 9.33. The minimum absolute atomic E-state index is 0.000765. The zero-order valence-corrected chi connectivity index (χ0v) is 35.6. The standard InChI is InChI=1S/C54H50BN5/c1-35(2)42-20-14-21-43(36(3)4)52(42)58-31-30-57-53(58)38-25-27-48-45(33-38)55-44-32-37(46-34-39(28-29-56-46)54(5,6)7)24-26-47(44)59(40-16-10-8-11-17-40)49-22-15-23-50(51(49)55)60(48)41-18-12-9-13-19-41/h8-36H,1-7H3. The second-order valence-corrected chi connectivity index (χ2v) is 17.9. The molecule has 294 valence electrons. The molecule has 4 heterocycles. The van der Waals surface area contributed by atoms with Gasteiger partial charge in [-0.2, -0.15) is 0 Å². The molecule has 6 aromatic carbocycles. The summed E-state index contributed by atoms with van der Waals surface area (Å²) in [5.74, 6) is 1.65. The van der Waals surface area contributed by atoms with Gasteiger partial charge in [0, 0.05) is 58.3 Å². The normalized spacial score (nSPS) is 13.1. The second kappa shape index (κ2) is 14.6. The first-order chi connectivity index (χ1) is 29.1. The molecule has 2 aliphatic heterocycles. The fourth-order valence-electron chi connectivity index (χ4n) is 9.49. The summed E-state index contributed by atoms with van der Waals surface area (Å²) in [4.78, 5) is 15.0. The molecule has 0 bridgehead atoms. The van der Waals surface area contributed by atoms with Crippen molar-refractivity contribution >= 4 is 57.2 Å². The van der Waals surface area contributed by atoms with Crippen LogP contribution in [0.3, 0.4) is 0 Å². The average Bonchev–Trinajstić information content (AvgIpc) is 3.76. The molecule has 8 aromatic rings. The van der Waals surface area contributed by atoms with Crippen molar-refractivity contribution in [2.45, 2.75) is 65.7 Å². The minimum Gasteiger partial charge on any atom is -0.311 e. The molecule has 2 aromatic heterocycles. The Labute approximate surface area is 355 Å². The van der Waals surface area contributed by atoms with Crippen molar-refractivity contribution in [3.05, 3.63) is 181 Å². The van der Waals surface area contributed by atoms with Gasteiger partial charge in [0.15, 0.2) is 0 Å². The molecule has 0 spiro atoms. The highest BCUT2D eigenvalue weighted by molar-refractivity contribution is 7.00. The van der Waals surface area contributed by atoms with Crippen LogP contribution >= 0.6 is 0 Å². The molecule has 10 rings (SSSR count). The summed E-state index contributed by atoms with van der Waals surface area (Å²) in [5, 5.41) is 0. The van der Waals surface area contributed by atoms with Crippen LogP contribution in [0.5, 0.6) is 0 Å². The maximum atomic E-state index is 5.13. The van der Waals surface area contributed by atoms with Crippen LogP contribution in [0.15, 0.2) is 164 Å². The number of imidazole rings is 1. The molecule has 0 N–H and O–H groups in total. The minimum atomic E-state index is -0.0654. The Morgan fingerprint density at radius 2 is 1.07 bits per heavy atom. The maximum absolute atomic E-state index is 5.13. The lowest BCUT2D eigenvalue weighted by Crippen LogP contribution is -2.61. The van der Waals surface area contributed by atoms with Crippen molar-refractivity contribution in [1.29, 1.82) is 0 Å². The third-order valence-electron chi connectivity index (χ3n) is 12.4. The molecular formula is C54H50BN5. The zero-order chi connectivity index (χ0) is 41.3. The van der Waals surface area contributed by atoms with Crippen LogP contribution < -0.4 is 26.2 Å². The van der Waals surface area contributed by atoms with E-state index in [0.717, 1.165) is 34.0 Å². The molecule has 0 saturated carbocycles. The number of para-hydroxylation sites is 3. The number of nitrogens with zero attached hydrogens (tertiary/aromatic N) is 5. The van der Waals surface area contributed by atoms with Gasteiger partial charge in [0.2, 0.25) is 0 Å². The van der Waals surface area contributed by atoms with Gasteiger partial charge in [-0.15, -0.1) is 0 Å². The van der Waals surface area contributed by atoms with Gasteiger partial charge >= 0.3 is 0 Å². The number of hydrogen-bond donors (Lipinski definition) is 0. The monoisotopic (exact) mass is 779 g/mol. The van der Waals surface area contributed by atoms with Gasteiger partial charge in [-0.3, -0.25) is 9.55 Å². The summed E-state index contributed by atoms with van der Waals surface area (Å²) in [5.41, 5.74) is 19.1. The van der Waals surface area contributed by atoms with Crippen LogP contribution in [0.4, 0.5) is 34.1 Å². The lowest BCUT2D eigenvalue weighted by Gasteiger charge is -2.44. The highest BCUT2D eigenvalue weighted by Crippen LogP contribution is 2.45. The number of rotatable bonds is 7. The molecule has 0 saturated heterocycles. The molecule has 2 aliphatic rings. The van der Waals surface area contributed by atoms with Crippen molar-refractivity contribution in [2.75, 3.05) is 9.80 Å². The van der Waals surface area contributed by atoms with Gasteiger partial charge in [0.1, 0.15) is 5.82 Å². The topological polar surface area (TPSA) is 37.2 Å². The summed E-state index contributed by atoms with van der Waals surface area (Å²) < 4.78 is 2.33. The Bertz CT molecular complexity index is 2850. The number of hydrogen-bond acceptors (Lipinski definition) is 4. The van der Waals surface area contributed by atoms with Gasteiger partial charge in [-0.25, -0.2) is 4.98 Å². The Morgan fingerprint density at radius 1 is 0.517 bits per heavy atom. The molecule has 0 unspecified atom stereocenters. The molecular weight excluding hydrogens is 729 g/mol. The molecule has 0 aliphatic carbocycles. The number of aromatic nitrogens is 3. The van der Waals surface area contributed by atoms with Crippen molar-refractivity contribution in [3.8, 4) is 28.3 Å². The Morgan fingerprint density at radius 3 is 1.63 bits per heavy atom. The largest absolute Gasteiger partial charge is 0.311 e. The number of anilines is 6. The number of pyridine rings is 1. The first-order valence-corrected chi connectivity index (χ1v) is 21.3. The van der Waals surface area contributed by atoms with E-state index < -0.39 is 0 Å². The summed E-state index contributed by atoms with van der Waals surface area (Å²) >= 11 is 0. The molecule has 0 fully saturated rings. The Hall–Kier alpha value is -6.66. The van der Waals surface area contributed by atoms with Crippen LogP contribution in [0.2, 0.25) is 0 Å². The van der Waals surface area contributed by atoms with Gasteiger partial charge in [0.05, 0.1) is 11.4 Å². The second-order valence-electron chi connectivity index (χ2n) is 17.9. The van der Waals surface area contributed by atoms with Crippen molar-refractivity contribution < 1.29 is 0 Å². The van der Waals surface area contributed by atoms with Gasteiger partial charge in [-0.05, 0) is 123 Å². The predicted molar refractivity (Wildman–Crippen MR) is 253 cm³/mol. The molecule has 0 radical (unpaired) electrons.